The Hall–Kier alpha value is -3.63. The second-order valence-electron chi connectivity index (χ2n) is 7.48. The predicted molar refractivity (Wildman–Crippen MR) is 129 cm³/mol. The third-order valence-electron chi connectivity index (χ3n) is 4.79. The summed E-state index contributed by atoms with van der Waals surface area (Å²) in [6.07, 6.45) is 0. The third kappa shape index (κ3) is 5.13. The fourth-order valence-corrected chi connectivity index (χ4v) is 4.69. The van der Waals surface area contributed by atoms with Gasteiger partial charge in [-0.1, -0.05) is 11.6 Å². The number of aromatic nitrogens is 4. The number of methoxy groups -OCH3 is 1. The largest absolute Gasteiger partial charge is 0.495 e. The SMILES string of the molecule is COc1ccc(S(=O)(=O)Nc2ccc(Oc3cc(-n4nc(C)cc4C)nc(C)n3)cc2)cc1Cl. The third-order valence-corrected chi connectivity index (χ3v) is 6.46. The van der Waals surface area contributed by atoms with Crippen molar-refractivity contribution in [2.24, 2.45) is 0 Å². The second kappa shape index (κ2) is 9.32. The summed E-state index contributed by atoms with van der Waals surface area (Å²) in [5.41, 5.74) is 2.18. The van der Waals surface area contributed by atoms with E-state index in [1.807, 2.05) is 19.9 Å². The van der Waals surface area contributed by atoms with Crippen LogP contribution in [0.4, 0.5) is 5.69 Å². The summed E-state index contributed by atoms with van der Waals surface area (Å²) in [6.45, 7) is 5.62. The minimum atomic E-state index is -3.84. The van der Waals surface area contributed by atoms with Gasteiger partial charge in [-0.25, -0.2) is 18.1 Å². The lowest BCUT2D eigenvalue weighted by Gasteiger charge is -2.11. The summed E-state index contributed by atoms with van der Waals surface area (Å²) >= 11 is 6.06. The minimum Gasteiger partial charge on any atom is -0.495 e. The smallest absolute Gasteiger partial charge is 0.261 e. The highest BCUT2D eigenvalue weighted by atomic mass is 35.5. The van der Waals surface area contributed by atoms with Crippen LogP contribution in [0.2, 0.25) is 5.02 Å². The molecule has 0 amide bonds. The van der Waals surface area contributed by atoms with E-state index in [1.54, 1.807) is 41.9 Å². The molecule has 0 saturated carbocycles. The Balaban J connectivity index is 1.51. The molecule has 0 atom stereocenters. The molecule has 1 N–H and O–H groups in total. The molecule has 2 aromatic carbocycles. The Kier molecular flexibility index (Phi) is 6.45. The van der Waals surface area contributed by atoms with E-state index in [0.717, 1.165) is 11.4 Å². The molecule has 0 saturated heterocycles. The van der Waals surface area contributed by atoms with E-state index >= 15 is 0 Å². The first-order chi connectivity index (χ1) is 16.1. The van der Waals surface area contributed by atoms with Gasteiger partial charge in [-0.15, -0.1) is 0 Å². The lowest BCUT2D eigenvalue weighted by Crippen LogP contribution is -2.13. The lowest BCUT2D eigenvalue weighted by molar-refractivity contribution is 0.414. The van der Waals surface area contributed by atoms with Gasteiger partial charge in [-0.3, -0.25) is 4.72 Å². The highest BCUT2D eigenvalue weighted by Gasteiger charge is 2.17. The number of hydrogen-bond acceptors (Lipinski definition) is 7. The molecule has 0 aliphatic heterocycles. The number of anilines is 1. The Labute approximate surface area is 202 Å². The average molecular weight is 500 g/mol. The molecule has 34 heavy (non-hydrogen) atoms. The van der Waals surface area contributed by atoms with Crippen molar-refractivity contribution in [2.75, 3.05) is 11.8 Å². The van der Waals surface area contributed by atoms with Crippen LogP contribution in [0, 0.1) is 20.8 Å². The van der Waals surface area contributed by atoms with Crippen LogP contribution in [0.1, 0.15) is 17.2 Å². The zero-order valence-electron chi connectivity index (χ0n) is 18.9. The Morgan fingerprint density at radius 3 is 2.32 bits per heavy atom. The summed E-state index contributed by atoms with van der Waals surface area (Å²) in [4.78, 5) is 8.78. The predicted octanol–water partition coefficient (Wildman–Crippen LogP) is 4.84. The van der Waals surface area contributed by atoms with Crippen LogP contribution >= 0.6 is 11.6 Å². The Morgan fingerprint density at radius 1 is 0.971 bits per heavy atom. The van der Waals surface area contributed by atoms with Crippen LogP contribution in [0.3, 0.4) is 0 Å². The Bertz CT molecular complexity index is 1450. The molecule has 4 rings (SSSR count). The van der Waals surface area contributed by atoms with E-state index in [2.05, 4.69) is 19.8 Å². The number of sulfonamides is 1. The van der Waals surface area contributed by atoms with E-state index in [4.69, 9.17) is 21.1 Å². The molecule has 2 aromatic heterocycles. The summed E-state index contributed by atoms with van der Waals surface area (Å²) in [5.74, 6) is 2.34. The van der Waals surface area contributed by atoms with Crippen LogP contribution in [0.15, 0.2) is 59.5 Å². The molecule has 11 heteroatoms. The fourth-order valence-electron chi connectivity index (χ4n) is 3.29. The maximum atomic E-state index is 12.7. The summed E-state index contributed by atoms with van der Waals surface area (Å²) in [6, 6.07) is 14.4. The normalized spacial score (nSPS) is 11.3. The van der Waals surface area contributed by atoms with E-state index in [0.29, 0.717) is 34.7 Å². The molecule has 2 heterocycles. The van der Waals surface area contributed by atoms with Crippen molar-refractivity contribution in [2.45, 2.75) is 25.7 Å². The monoisotopic (exact) mass is 499 g/mol. The number of ether oxygens (including phenoxy) is 2. The molecule has 0 aliphatic carbocycles. The first-order valence-electron chi connectivity index (χ1n) is 10.2. The molecular weight excluding hydrogens is 478 g/mol. The van der Waals surface area contributed by atoms with Gasteiger partial charge in [0.1, 0.15) is 17.3 Å². The molecule has 0 unspecified atom stereocenters. The maximum Gasteiger partial charge on any atom is 0.261 e. The van der Waals surface area contributed by atoms with Gasteiger partial charge >= 0.3 is 0 Å². The minimum absolute atomic E-state index is 0.0202. The molecule has 0 spiro atoms. The maximum absolute atomic E-state index is 12.7. The lowest BCUT2D eigenvalue weighted by atomic mass is 10.3. The number of nitrogens with zero attached hydrogens (tertiary/aromatic N) is 4. The van der Waals surface area contributed by atoms with E-state index in [9.17, 15) is 8.42 Å². The van der Waals surface area contributed by atoms with Crippen molar-refractivity contribution in [3.05, 3.63) is 76.8 Å². The van der Waals surface area contributed by atoms with E-state index in [-0.39, 0.29) is 9.92 Å². The van der Waals surface area contributed by atoms with Crippen molar-refractivity contribution in [1.82, 2.24) is 19.7 Å². The molecule has 0 radical (unpaired) electrons. The molecule has 0 fully saturated rings. The van der Waals surface area contributed by atoms with Crippen LogP contribution in [0.5, 0.6) is 17.4 Å². The van der Waals surface area contributed by atoms with E-state index in [1.165, 1.54) is 25.3 Å². The standard InChI is InChI=1S/C23H22ClN5O4S/c1-14-11-15(2)29(27-14)22-13-23(26-16(3)25-22)33-18-7-5-17(6-8-18)28-34(30,31)19-9-10-21(32-4)20(24)12-19/h5-13,28H,1-4H3. The first kappa shape index (κ1) is 23.5. The topological polar surface area (TPSA) is 108 Å². The van der Waals surface area contributed by atoms with Gasteiger partial charge in [0.05, 0.1) is 22.7 Å². The molecule has 176 valence electrons. The van der Waals surface area contributed by atoms with Crippen molar-refractivity contribution in [3.8, 4) is 23.2 Å². The highest BCUT2D eigenvalue weighted by molar-refractivity contribution is 7.92. The molecule has 0 bridgehead atoms. The molecule has 4 aromatic rings. The number of halogens is 1. The van der Waals surface area contributed by atoms with Gasteiger partial charge in [0, 0.05) is 17.4 Å². The quantitative estimate of drug-likeness (QED) is 0.387. The van der Waals surface area contributed by atoms with Crippen molar-refractivity contribution in [1.29, 1.82) is 0 Å². The van der Waals surface area contributed by atoms with E-state index < -0.39 is 10.0 Å². The Morgan fingerprint density at radius 2 is 1.71 bits per heavy atom. The van der Waals surface area contributed by atoms with Gasteiger partial charge in [0.25, 0.3) is 10.0 Å². The number of nitrogens with one attached hydrogen (secondary N) is 1. The van der Waals surface area contributed by atoms with Crippen LogP contribution in [-0.4, -0.2) is 35.3 Å². The number of hydrogen-bond donors (Lipinski definition) is 1. The zero-order chi connectivity index (χ0) is 24.5. The van der Waals surface area contributed by atoms with Crippen LogP contribution in [0.25, 0.3) is 5.82 Å². The highest BCUT2D eigenvalue weighted by Crippen LogP contribution is 2.29. The molecular formula is C23H22ClN5O4S. The molecule has 0 aliphatic rings. The van der Waals surface area contributed by atoms with Gasteiger partial charge in [-0.05, 0) is 69.3 Å². The average Bonchev–Trinajstić information content (AvgIpc) is 3.12. The molecule has 9 nitrogen and oxygen atoms in total. The summed E-state index contributed by atoms with van der Waals surface area (Å²) in [7, 11) is -2.38. The van der Waals surface area contributed by atoms with Crippen molar-refractivity contribution in [3.63, 3.8) is 0 Å². The van der Waals surface area contributed by atoms with Gasteiger partial charge in [0.15, 0.2) is 5.82 Å². The zero-order valence-corrected chi connectivity index (χ0v) is 20.5. The summed E-state index contributed by atoms with van der Waals surface area (Å²) < 4.78 is 40.6. The van der Waals surface area contributed by atoms with Crippen molar-refractivity contribution < 1.29 is 17.9 Å². The van der Waals surface area contributed by atoms with Crippen LogP contribution in [-0.2, 0) is 10.0 Å². The second-order valence-corrected chi connectivity index (χ2v) is 9.57. The van der Waals surface area contributed by atoms with Gasteiger partial charge in [-0.2, -0.15) is 10.1 Å². The fraction of sp³-hybridized carbons (Fsp3) is 0.174. The first-order valence-corrected chi connectivity index (χ1v) is 12.0. The van der Waals surface area contributed by atoms with Crippen molar-refractivity contribution >= 4 is 27.3 Å². The van der Waals surface area contributed by atoms with Crippen LogP contribution < -0.4 is 14.2 Å². The number of aryl methyl sites for hydroxylation is 3. The van der Waals surface area contributed by atoms with Gasteiger partial charge in [0.2, 0.25) is 5.88 Å². The van der Waals surface area contributed by atoms with Gasteiger partial charge < -0.3 is 9.47 Å². The summed E-state index contributed by atoms with van der Waals surface area (Å²) in [5, 5.41) is 4.65. The number of rotatable bonds is 7. The number of benzene rings is 2.